The fourth-order valence-electron chi connectivity index (χ4n) is 5.09. The molecule has 4 atom stereocenters. The first-order valence-corrected chi connectivity index (χ1v) is 13.3. The summed E-state index contributed by atoms with van der Waals surface area (Å²) in [5.41, 5.74) is -2.60. The van der Waals surface area contributed by atoms with Gasteiger partial charge in [-0.3, -0.25) is 33.8 Å². The Morgan fingerprint density at radius 1 is 1.14 bits per heavy atom. The van der Waals surface area contributed by atoms with Crippen LogP contribution < -0.4 is 50.6 Å². The van der Waals surface area contributed by atoms with E-state index in [1.165, 1.54) is 18.7 Å². The fraction of sp³-hybridized carbons (Fsp3) is 0.458. The Labute approximate surface area is 265 Å². The molecule has 7 amide bonds. The second kappa shape index (κ2) is 12.0. The van der Waals surface area contributed by atoms with Crippen molar-refractivity contribution in [2.45, 2.75) is 48.6 Å². The number of hydrogen-bond donors (Lipinski definition) is 5. The molecule has 0 radical (unpaired) electrons. The minimum Gasteiger partial charge on any atom is -0.545 e. The minimum absolute atomic E-state index is 0. The smallest absolute Gasteiger partial charge is 0.545 e. The maximum atomic E-state index is 13.8. The predicted octanol–water partition coefficient (Wildman–Crippen LogP) is -6.09. The predicted molar refractivity (Wildman–Crippen MR) is 136 cm³/mol. The van der Waals surface area contributed by atoms with Gasteiger partial charge in [-0.2, -0.15) is 0 Å². The second-order valence-electron chi connectivity index (χ2n) is 9.95. The van der Waals surface area contributed by atoms with Gasteiger partial charge in [0.1, 0.15) is 17.5 Å². The first-order chi connectivity index (χ1) is 19.2. The zero-order valence-corrected chi connectivity index (χ0v) is 25.9. The third-order valence-electron chi connectivity index (χ3n) is 7.34. The van der Waals surface area contributed by atoms with Crippen molar-refractivity contribution in [3.8, 4) is 11.5 Å². The topological polar surface area (TPSA) is 229 Å². The number of aliphatic carboxylic acids is 1. The summed E-state index contributed by atoms with van der Waals surface area (Å²) in [7, 11) is 0. The van der Waals surface area contributed by atoms with Gasteiger partial charge in [0.25, 0.3) is 5.91 Å². The molecule has 0 aromatic heterocycles. The third-order valence-corrected chi connectivity index (χ3v) is 8.95. The number of carboxylic acids is 1. The number of thioether (sulfide) groups is 1. The van der Waals surface area contributed by atoms with Crippen LogP contribution in [0, 0.1) is 0 Å². The van der Waals surface area contributed by atoms with Gasteiger partial charge in [0.2, 0.25) is 12.3 Å². The van der Waals surface area contributed by atoms with Crippen molar-refractivity contribution in [1.82, 2.24) is 30.7 Å². The van der Waals surface area contributed by atoms with Gasteiger partial charge < -0.3 is 41.0 Å². The van der Waals surface area contributed by atoms with Crippen molar-refractivity contribution in [3.05, 3.63) is 23.8 Å². The summed E-state index contributed by atoms with van der Waals surface area (Å²) in [6, 6.07) is -0.905. The summed E-state index contributed by atoms with van der Waals surface area (Å²) in [4.78, 5) is 91.0. The van der Waals surface area contributed by atoms with Gasteiger partial charge >= 0.3 is 47.4 Å². The molecule has 1 aromatic carbocycles. The van der Waals surface area contributed by atoms with E-state index in [2.05, 4.69) is 16.0 Å². The van der Waals surface area contributed by atoms with Gasteiger partial charge in [0.05, 0.1) is 10.7 Å². The number of β-lactam (4-membered cyclic amide) rings is 1. The largest absolute Gasteiger partial charge is 1.00 e. The number of rotatable bonds is 8. The molecular formula is C24H27N6NaO10S. The monoisotopic (exact) mass is 614 g/mol. The Bertz CT molecular complexity index is 1360. The molecular weight excluding hydrogens is 587 g/mol. The number of carbonyl (C=O) groups excluding carboxylic acids is 7. The first-order valence-electron chi connectivity index (χ1n) is 12.4. The molecule has 1 unspecified atom stereocenters. The number of phenolic OH excluding ortho intramolecular Hbond substituents is 2. The van der Waals surface area contributed by atoms with Crippen LogP contribution >= 0.6 is 11.8 Å². The van der Waals surface area contributed by atoms with E-state index in [0.29, 0.717) is 11.3 Å². The Hall–Kier alpha value is -3.54. The number of carbonyl (C=O) groups is 7. The van der Waals surface area contributed by atoms with E-state index in [9.17, 15) is 48.9 Å². The minimum atomic E-state index is -2.46. The van der Waals surface area contributed by atoms with Crippen molar-refractivity contribution in [2.24, 2.45) is 0 Å². The summed E-state index contributed by atoms with van der Waals surface area (Å²) in [5, 5.41) is 38.5. The number of likely N-dealkylation sites (N-methyl/N-ethyl adjacent to an activating group) is 1. The molecule has 0 aliphatic carbocycles. The van der Waals surface area contributed by atoms with Crippen LogP contribution in [0.1, 0.15) is 32.4 Å². The number of hydrogen-bond acceptors (Lipinski definition) is 11. The summed E-state index contributed by atoms with van der Waals surface area (Å²) >= 11 is 0.991. The summed E-state index contributed by atoms with van der Waals surface area (Å²) < 4.78 is -1.42. The number of aromatic hydroxyl groups is 2. The zero-order valence-electron chi connectivity index (χ0n) is 23.1. The molecule has 3 aliphatic heterocycles. The molecule has 3 aliphatic rings. The van der Waals surface area contributed by atoms with Crippen LogP contribution in [0.15, 0.2) is 18.2 Å². The quantitative estimate of drug-likeness (QED) is 0.0608. The van der Waals surface area contributed by atoms with E-state index in [1.54, 1.807) is 6.92 Å². The van der Waals surface area contributed by atoms with Crippen LogP contribution in [0.4, 0.5) is 4.79 Å². The average molecular weight is 615 g/mol. The van der Waals surface area contributed by atoms with E-state index in [-0.39, 0.29) is 54.8 Å². The number of piperazine rings is 1. The number of nitrogens with one attached hydrogen (secondary N) is 3. The van der Waals surface area contributed by atoms with Crippen molar-refractivity contribution in [1.29, 1.82) is 0 Å². The number of phenols is 2. The number of benzene rings is 1. The van der Waals surface area contributed by atoms with Gasteiger partial charge in [-0.05, 0) is 38.5 Å². The molecule has 0 saturated carbocycles. The van der Waals surface area contributed by atoms with Gasteiger partial charge in [-0.1, -0.05) is 6.07 Å². The van der Waals surface area contributed by atoms with Crippen LogP contribution in [0.3, 0.4) is 0 Å². The molecule has 4 rings (SSSR count). The third kappa shape index (κ3) is 5.14. The maximum absolute atomic E-state index is 13.8. The number of carboxylic acid groups (broad SMARTS) is 1. The van der Waals surface area contributed by atoms with E-state index in [0.717, 1.165) is 34.9 Å². The van der Waals surface area contributed by atoms with Crippen LogP contribution in [0.5, 0.6) is 11.5 Å². The number of amides is 7. The normalized spacial score (nSPS) is 25.0. The summed E-state index contributed by atoms with van der Waals surface area (Å²) in [6.45, 7) is 4.61. The molecule has 1 aromatic rings. The molecule has 42 heavy (non-hydrogen) atoms. The SMILES string of the molecule is CCN1CCN(C(=O)NC(C(=O)N[C@@]2(C(=O)[O-])N3C(=O)[C@@H](NC=O)[C@H]3SC2(C)C)c2ccc(O)c(O)c2)C(=O)C1=O.[Na+]. The van der Waals surface area contributed by atoms with E-state index < -0.39 is 75.0 Å². The van der Waals surface area contributed by atoms with E-state index in [4.69, 9.17) is 0 Å². The summed E-state index contributed by atoms with van der Waals surface area (Å²) in [6.07, 6.45) is 0.292. The van der Waals surface area contributed by atoms with Crippen LogP contribution in [-0.4, -0.2) is 108 Å². The molecule has 0 bridgehead atoms. The van der Waals surface area contributed by atoms with Gasteiger partial charge in [0, 0.05) is 19.6 Å². The van der Waals surface area contributed by atoms with E-state index >= 15 is 0 Å². The average Bonchev–Trinajstić information content (AvgIpc) is 3.13. The van der Waals surface area contributed by atoms with Crippen molar-refractivity contribution >= 4 is 53.8 Å². The zero-order chi connectivity index (χ0) is 30.4. The number of fused-ring (bicyclic) bond motifs is 1. The van der Waals surface area contributed by atoms with Crippen LogP contribution in [-0.2, 0) is 28.8 Å². The first kappa shape index (κ1) is 33.0. The molecule has 3 fully saturated rings. The number of nitrogens with zero attached hydrogens (tertiary/aromatic N) is 3. The van der Waals surface area contributed by atoms with Gasteiger partial charge in [-0.25, -0.2) is 4.79 Å². The maximum Gasteiger partial charge on any atom is 1.00 e. The van der Waals surface area contributed by atoms with Crippen molar-refractivity contribution < 1.29 is 78.4 Å². The molecule has 220 valence electrons. The van der Waals surface area contributed by atoms with Gasteiger partial charge in [-0.15, -0.1) is 11.8 Å². The molecule has 3 heterocycles. The molecule has 5 N–H and O–H groups in total. The molecule has 16 nitrogen and oxygen atoms in total. The molecule has 3 saturated heterocycles. The van der Waals surface area contributed by atoms with Crippen molar-refractivity contribution in [2.75, 3.05) is 19.6 Å². The number of imide groups is 1. The Balaban J connectivity index is 0.00000484. The Kier molecular flexibility index (Phi) is 9.41. The van der Waals surface area contributed by atoms with Gasteiger partial charge in [0.15, 0.2) is 17.2 Å². The van der Waals surface area contributed by atoms with Crippen LogP contribution in [0.25, 0.3) is 0 Å². The molecule has 18 heteroatoms. The summed E-state index contributed by atoms with van der Waals surface area (Å²) in [5.74, 6) is -7.15. The standard InChI is InChI=1S/C24H28N6O10S.Na/c1-4-28-7-8-29(19(37)18(28)36)22(40)26-14(11-5-6-12(32)13(33)9-11)16(34)27-24(21(38)39)23(2,3)41-20-15(25-10-31)17(35)30(20)24;/h5-6,9-10,14-15,20,32-33H,4,7-8H2,1-3H3,(H,25,31)(H,26,40)(H,27,34)(H,38,39);/q;+1/p-1/t14?,15-,20-,24+;/m1./s1. The van der Waals surface area contributed by atoms with Crippen molar-refractivity contribution in [3.63, 3.8) is 0 Å². The van der Waals surface area contributed by atoms with Crippen LogP contribution in [0.2, 0.25) is 0 Å². The fourth-order valence-corrected chi connectivity index (χ4v) is 6.80. The second-order valence-corrected chi connectivity index (χ2v) is 11.7. The molecule has 0 spiro atoms. The Morgan fingerprint density at radius 2 is 1.81 bits per heavy atom. The number of urea groups is 1. The Morgan fingerprint density at radius 3 is 2.38 bits per heavy atom. The van der Waals surface area contributed by atoms with E-state index in [1.807, 2.05) is 0 Å².